The number of imidazole rings is 1. The zero-order chi connectivity index (χ0) is 20.4. The number of aromatic amines is 1. The van der Waals surface area contributed by atoms with Gasteiger partial charge in [0.05, 0.1) is 22.7 Å². The van der Waals surface area contributed by atoms with Crippen LogP contribution < -0.4 is 4.74 Å². The van der Waals surface area contributed by atoms with Crippen molar-refractivity contribution >= 4 is 22.6 Å². The monoisotopic (exact) mass is 416 g/mol. The molecule has 0 aliphatic carbocycles. The van der Waals surface area contributed by atoms with Crippen molar-refractivity contribution in [3.8, 4) is 28.6 Å². The van der Waals surface area contributed by atoms with Gasteiger partial charge in [-0.1, -0.05) is 11.6 Å². The Kier molecular flexibility index (Phi) is 5.80. The molecule has 0 unspecified atom stereocenters. The minimum Gasteiger partial charge on any atom is -0.504 e. The van der Waals surface area contributed by atoms with E-state index >= 15 is 0 Å². The maximum Gasteiger partial charge on any atom is 0.159 e. The van der Waals surface area contributed by atoms with Crippen LogP contribution in [0.1, 0.15) is 6.42 Å². The van der Waals surface area contributed by atoms with E-state index in [1.807, 2.05) is 12.1 Å². The molecule has 0 atom stereocenters. The number of piperazine rings is 1. The number of nitrogens with zero attached hydrogens (tertiary/aromatic N) is 3. The second kappa shape index (κ2) is 8.49. The highest BCUT2D eigenvalue weighted by molar-refractivity contribution is 6.33. The molecule has 1 fully saturated rings. The summed E-state index contributed by atoms with van der Waals surface area (Å²) in [6.07, 6.45) is 0.972. The molecule has 4 rings (SSSR count). The molecule has 7 nitrogen and oxygen atoms in total. The second-order valence-corrected chi connectivity index (χ2v) is 7.84. The van der Waals surface area contributed by atoms with E-state index in [2.05, 4.69) is 26.8 Å². The van der Waals surface area contributed by atoms with Crippen molar-refractivity contribution in [2.45, 2.75) is 6.42 Å². The number of rotatable bonds is 6. The molecule has 3 N–H and O–H groups in total. The third-order valence-electron chi connectivity index (χ3n) is 5.26. The number of hydrogen-bond donors (Lipinski definition) is 3. The number of halogens is 1. The van der Waals surface area contributed by atoms with Crippen LogP contribution in [-0.2, 0) is 0 Å². The smallest absolute Gasteiger partial charge is 0.159 e. The van der Waals surface area contributed by atoms with Crippen molar-refractivity contribution in [1.82, 2.24) is 19.8 Å². The normalized spacial score (nSPS) is 15.8. The Labute approximate surface area is 174 Å². The number of phenols is 2. The molecule has 1 aromatic heterocycles. The summed E-state index contributed by atoms with van der Waals surface area (Å²) in [4.78, 5) is 12.4. The van der Waals surface area contributed by atoms with Crippen LogP contribution in [0.15, 0.2) is 30.3 Å². The average Bonchev–Trinajstić information content (AvgIpc) is 3.09. The summed E-state index contributed by atoms with van der Waals surface area (Å²) in [6.45, 7) is 6.16. The molecular weight excluding hydrogens is 392 g/mol. The number of hydrogen-bond acceptors (Lipinski definition) is 6. The van der Waals surface area contributed by atoms with Gasteiger partial charge < -0.3 is 29.7 Å². The van der Waals surface area contributed by atoms with Crippen LogP contribution in [0.2, 0.25) is 5.02 Å². The predicted octanol–water partition coefficient (Wildman–Crippen LogP) is 3.31. The molecule has 1 saturated heterocycles. The van der Waals surface area contributed by atoms with Crippen molar-refractivity contribution in [2.75, 3.05) is 46.4 Å². The van der Waals surface area contributed by atoms with Crippen molar-refractivity contribution in [3.05, 3.63) is 35.4 Å². The summed E-state index contributed by atoms with van der Waals surface area (Å²) < 4.78 is 5.86. The Hall–Kier alpha value is -2.48. The molecule has 1 aliphatic rings. The largest absolute Gasteiger partial charge is 0.504 e. The Morgan fingerprint density at radius 1 is 1.10 bits per heavy atom. The van der Waals surface area contributed by atoms with E-state index in [0.29, 0.717) is 28.5 Å². The van der Waals surface area contributed by atoms with Gasteiger partial charge in [0.15, 0.2) is 11.5 Å². The number of likely N-dealkylation sites (N-methyl/N-ethyl adjacent to an activating group) is 1. The van der Waals surface area contributed by atoms with Crippen LogP contribution >= 0.6 is 11.6 Å². The Morgan fingerprint density at radius 2 is 1.86 bits per heavy atom. The third kappa shape index (κ3) is 4.58. The molecule has 29 heavy (non-hydrogen) atoms. The molecule has 0 saturated carbocycles. The quantitative estimate of drug-likeness (QED) is 0.422. The molecule has 0 spiro atoms. The van der Waals surface area contributed by atoms with Crippen LogP contribution in [-0.4, -0.2) is 76.4 Å². The van der Waals surface area contributed by atoms with Crippen molar-refractivity contribution in [2.24, 2.45) is 0 Å². The topological polar surface area (TPSA) is 84.8 Å². The number of nitrogens with one attached hydrogen (secondary N) is 1. The lowest BCUT2D eigenvalue weighted by Crippen LogP contribution is -2.44. The van der Waals surface area contributed by atoms with E-state index in [0.717, 1.165) is 50.5 Å². The Morgan fingerprint density at radius 3 is 2.62 bits per heavy atom. The number of phenolic OH excluding ortho intramolecular Hbond substituents is 2. The second-order valence-electron chi connectivity index (χ2n) is 7.43. The first kappa shape index (κ1) is 19.8. The SMILES string of the molecule is CN1CCN(CCCOc2ccc(-c3nc4cc(O)c(O)cc4[nH]3)c(Cl)c2)CC1. The van der Waals surface area contributed by atoms with E-state index in [9.17, 15) is 10.2 Å². The van der Waals surface area contributed by atoms with Crippen LogP contribution in [0.3, 0.4) is 0 Å². The number of fused-ring (bicyclic) bond motifs is 1. The highest BCUT2D eigenvalue weighted by Crippen LogP contribution is 2.34. The minimum atomic E-state index is -0.207. The number of aromatic nitrogens is 2. The summed E-state index contributed by atoms with van der Waals surface area (Å²) in [5, 5.41) is 19.8. The van der Waals surface area contributed by atoms with Crippen LogP contribution in [0, 0.1) is 0 Å². The summed E-state index contributed by atoms with van der Waals surface area (Å²) in [5.74, 6) is 0.890. The van der Waals surface area contributed by atoms with Gasteiger partial charge in [-0.15, -0.1) is 0 Å². The number of H-pyrrole nitrogens is 1. The number of benzene rings is 2. The zero-order valence-electron chi connectivity index (χ0n) is 16.4. The number of aromatic hydroxyl groups is 2. The Balaban J connectivity index is 1.36. The van der Waals surface area contributed by atoms with Crippen molar-refractivity contribution in [1.29, 1.82) is 0 Å². The van der Waals surface area contributed by atoms with Gasteiger partial charge in [-0.05, 0) is 31.7 Å². The van der Waals surface area contributed by atoms with E-state index in [1.54, 1.807) is 6.07 Å². The molecule has 2 aromatic carbocycles. The molecular formula is C21H25ClN4O3. The lowest BCUT2D eigenvalue weighted by molar-refractivity contribution is 0.145. The van der Waals surface area contributed by atoms with Gasteiger partial charge in [0, 0.05) is 50.4 Å². The van der Waals surface area contributed by atoms with Crippen molar-refractivity contribution in [3.63, 3.8) is 0 Å². The predicted molar refractivity (Wildman–Crippen MR) is 114 cm³/mol. The molecule has 0 radical (unpaired) electrons. The fraction of sp³-hybridized carbons (Fsp3) is 0.381. The van der Waals surface area contributed by atoms with Gasteiger partial charge in [-0.25, -0.2) is 4.98 Å². The van der Waals surface area contributed by atoms with E-state index < -0.39 is 0 Å². The average molecular weight is 417 g/mol. The fourth-order valence-electron chi connectivity index (χ4n) is 3.49. The van der Waals surface area contributed by atoms with E-state index in [-0.39, 0.29) is 11.5 Å². The van der Waals surface area contributed by atoms with Gasteiger partial charge in [-0.3, -0.25) is 0 Å². The summed E-state index contributed by atoms with van der Waals surface area (Å²) in [7, 11) is 2.16. The lowest BCUT2D eigenvalue weighted by Gasteiger charge is -2.32. The van der Waals surface area contributed by atoms with Gasteiger partial charge in [0.1, 0.15) is 11.6 Å². The fourth-order valence-corrected chi connectivity index (χ4v) is 3.75. The van der Waals surface area contributed by atoms with Crippen LogP contribution in [0.4, 0.5) is 0 Å². The third-order valence-corrected chi connectivity index (χ3v) is 5.57. The van der Waals surface area contributed by atoms with Gasteiger partial charge in [0.25, 0.3) is 0 Å². The summed E-state index contributed by atoms with van der Waals surface area (Å²) in [5.41, 5.74) is 1.90. The van der Waals surface area contributed by atoms with E-state index in [4.69, 9.17) is 16.3 Å². The molecule has 0 bridgehead atoms. The molecule has 154 valence electrons. The van der Waals surface area contributed by atoms with Crippen LogP contribution in [0.5, 0.6) is 17.2 Å². The molecule has 0 amide bonds. The van der Waals surface area contributed by atoms with Gasteiger partial charge >= 0.3 is 0 Å². The Bertz CT molecular complexity index is 960. The molecule has 1 aliphatic heterocycles. The van der Waals surface area contributed by atoms with Crippen LogP contribution in [0.25, 0.3) is 22.4 Å². The maximum atomic E-state index is 9.64. The highest BCUT2D eigenvalue weighted by atomic mass is 35.5. The standard InChI is InChI=1S/C21H25ClN4O3/c1-25-6-8-26(9-7-25)5-2-10-29-14-3-4-15(16(22)11-14)21-23-17-12-19(27)20(28)13-18(17)24-21/h3-4,11-13,27-28H,2,5-10H2,1H3,(H,23,24). The first-order valence-electron chi connectivity index (χ1n) is 9.75. The van der Waals surface area contributed by atoms with Crippen molar-refractivity contribution < 1.29 is 14.9 Å². The van der Waals surface area contributed by atoms with Gasteiger partial charge in [-0.2, -0.15) is 0 Å². The lowest BCUT2D eigenvalue weighted by atomic mass is 10.2. The minimum absolute atomic E-state index is 0.195. The van der Waals surface area contributed by atoms with E-state index in [1.165, 1.54) is 12.1 Å². The molecule has 2 heterocycles. The summed E-state index contributed by atoms with van der Waals surface area (Å²) >= 11 is 6.45. The summed E-state index contributed by atoms with van der Waals surface area (Å²) in [6, 6.07) is 8.37. The zero-order valence-corrected chi connectivity index (χ0v) is 17.1. The number of ether oxygens (including phenoxy) is 1. The first-order chi connectivity index (χ1) is 14.0. The molecule has 8 heteroatoms. The van der Waals surface area contributed by atoms with Gasteiger partial charge in [0.2, 0.25) is 0 Å². The maximum absolute atomic E-state index is 9.64. The highest BCUT2D eigenvalue weighted by Gasteiger charge is 2.14. The first-order valence-corrected chi connectivity index (χ1v) is 10.1. The molecule has 3 aromatic rings.